The van der Waals surface area contributed by atoms with Crippen LogP contribution in [0.1, 0.15) is 31.0 Å². The highest BCUT2D eigenvalue weighted by Gasteiger charge is 2.47. The van der Waals surface area contributed by atoms with E-state index in [1.807, 2.05) is 12.1 Å². The van der Waals surface area contributed by atoms with Crippen molar-refractivity contribution in [3.8, 4) is 17.2 Å². The summed E-state index contributed by atoms with van der Waals surface area (Å²) < 4.78 is 16.1. The van der Waals surface area contributed by atoms with Gasteiger partial charge in [0.15, 0.2) is 11.5 Å². The van der Waals surface area contributed by atoms with Crippen LogP contribution in [0.4, 0.5) is 11.4 Å². The smallest absolute Gasteiger partial charge is 0.300 e. The van der Waals surface area contributed by atoms with E-state index in [0.717, 1.165) is 18.8 Å². The highest BCUT2D eigenvalue weighted by molar-refractivity contribution is 6.52. The van der Waals surface area contributed by atoms with Gasteiger partial charge in [-0.05, 0) is 61.9 Å². The fraction of sp³-hybridized carbons (Fsp3) is 0.267. The monoisotopic (exact) mass is 584 g/mol. The molecule has 1 unspecified atom stereocenters. The fourth-order valence-corrected chi connectivity index (χ4v) is 5.62. The number of benzene rings is 3. The van der Waals surface area contributed by atoms with Crippen molar-refractivity contribution >= 4 is 52.0 Å². The number of aliphatic hydroxyl groups is 1. The van der Waals surface area contributed by atoms with Crippen LogP contribution in [0, 0.1) is 0 Å². The van der Waals surface area contributed by atoms with Crippen LogP contribution in [0.15, 0.2) is 60.2 Å². The lowest BCUT2D eigenvalue weighted by Gasteiger charge is -2.27. The van der Waals surface area contributed by atoms with E-state index in [9.17, 15) is 14.7 Å². The third-order valence-corrected chi connectivity index (χ3v) is 7.53. The van der Waals surface area contributed by atoms with Crippen LogP contribution < -0.4 is 24.0 Å². The van der Waals surface area contributed by atoms with Crippen molar-refractivity contribution in [3.63, 3.8) is 0 Å². The summed E-state index contributed by atoms with van der Waals surface area (Å²) in [4.78, 5) is 30.8. The molecule has 1 atom stereocenters. The Kier molecular flexibility index (Phi) is 8.81. The minimum atomic E-state index is -0.987. The molecule has 1 fully saturated rings. The van der Waals surface area contributed by atoms with Crippen LogP contribution in [-0.2, 0) is 9.59 Å². The summed E-state index contributed by atoms with van der Waals surface area (Å²) in [6.07, 6.45) is 0. The van der Waals surface area contributed by atoms with Crippen molar-refractivity contribution in [2.45, 2.75) is 19.9 Å². The standard InChI is InChI=1S/C30H30Cl2N2O6/c1-6-33(7-2)18-11-13-19(14-12-18)34-25(17-9-8-10-20(15-17)38-3)23(27(36)30(34)37)26(35)21-16-22(31)29(40-5)24(32)28(21)39-4/h8-16,25,35H,6-7H2,1-5H3/b26-23+. The molecule has 1 amide bonds. The number of nitrogens with zero attached hydrogens (tertiary/aromatic N) is 2. The van der Waals surface area contributed by atoms with Crippen molar-refractivity contribution < 1.29 is 28.9 Å². The van der Waals surface area contributed by atoms with Crippen LogP contribution in [-0.4, -0.2) is 51.2 Å². The number of halogens is 2. The van der Waals surface area contributed by atoms with Gasteiger partial charge in [0.05, 0.1) is 43.5 Å². The van der Waals surface area contributed by atoms with Gasteiger partial charge in [0, 0.05) is 24.5 Å². The summed E-state index contributed by atoms with van der Waals surface area (Å²) in [5, 5.41) is 11.7. The van der Waals surface area contributed by atoms with Crippen LogP contribution in [0.3, 0.4) is 0 Å². The number of hydrogen-bond acceptors (Lipinski definition) is 7. The van der Waals surface area contributed by atoms with Crippen molar-refractivity contribution in [2.24, 2.45) is 0 Å². The third-order valence-electron chi connectivity index (χ3n) is 6.91. The number of ketones is 1. The summed E-state index contributed by atoms with van der Waals surface area (Å²) >= 11 is 12.8. The van der Waals surface area contributed by atoms with Crippen LogP contribution in [0.25, 0.3) is 5.76 Å². The molecule has 40 heavy (non-hydrogen) atoms. The zero-order valence-corrected chi connectivity index (χ0v) is 24.3. The minimum Gasteiger partial charge on any atom is -0.507 e. The Labute approximate surface area is 243 Å². The molecule has 0 saturated carbocycles. The van der Waals surface area contributed by atoms with Crippen LogP contribution >= 0.6 is 23.2 Å². The number of Topliss-reactive ketones (excluding diaryl/α,β-unsaturated/α-hetero) is 1. The molecule has 0 spiro atoms. The van der Waals surface area contributed by atoms with Crippen molar-refractivity contribution in [1.82, 2.24) is 0 Å². The molecule has 0 aliphatic carbocycles. The Bertz CT molecular complexity index is 1470. The number of carbonyl (C=O) groups is 2. The number of carbonyl (C=O) groups excluding carboxylic acids is 2. The second-order valence-corrected chi connectivity index (χ2v) is 9.71. The second-order valence-electron chi connectivity index (χ2n) is 8.92. The number of rotatable bonds is 9. The molecule has 0 bridgehead atoms. The first-order chi connectivity index (χ1) is 19.2. The van der Waals surface area contributed by atoms with Gasteiger partial charge in [0.2, 0.25) is 0 Å². The van der Waals surface area contributed by atoms with E-state index in [-0.39, 0.29) is 32.7 Å². The maximum atomic E-state index is 13.6. The lowest BCUT2D eigenvalue weighted by molar-refractivity contribution is -0.132. The van der Waals surface area contributed by atoms with Crippen molar-refractivity contribution in [1.29, 1.82) is 0 Å². The zero-order chi connectivity index (χ0) is 29.1. The Morgan fingerprint density at radius 3 is 2.15 bits per heavy atom. The van der Waals surface area contributed by atoms with E-state index in [0.29, 0.717) is 17.0 Å². The summed E-state index contributed by atoms with van der Waals surface area (Å²) in [6, 6.07) is 14.7. The van der Waals surface area contributed by atoms with Gasteiger partial charge in [-0.15, -0.1) is 0 Å². The molecule has 1 saturated heterocycles. The molecule has 1 heterocycles. The summed E-state index contributed by atoms with van der Waals surface area (Å²) in [7, 11) is 4.28. The Morgan fingerprint density at radius 2 is 1.57 bits per heavy atom. The number of hydrogen-bond donors (Lipinski definition) is 1. The molecular formula is C30H30Cl2N2O6. The van der Waals surface area contributed by atoms with Crippen LogP contribution in [0.2, 0.25) is 10.0 Å². The molecular weight excluding hydrogens is 555 g/mol. The molecule has 8 nitrogen and oxygen atoms in total. The number of aliphatic hydroxyl groups excluding tert-OH is 1. The minimum absolute atomic E-state index is 0.0122. The number of methoxy groups -OCH3 is 3. The van der Waals surface area contributed by atoms with E-state index in [2.05, 4.69) is 18.7 Å². The van der Waals surface area contributed by atoms with Gasteiger partial charge in [0.25, 0.3) is 11.7 Å². The van der Waals surface area contributed by atoms with Gasteiger partial charge in [-0.25, -0.2) is 0 Å². The molecule has 1 aliphatic heterocycles. The summed E-state index contributed by atoms with van der Waals surface area (Å²) in [6.45, 7) is 5.76. The lowest BCUT2D eigenvalue weighted by Crippen LogP contribution is -2.29. The first-order valence-electron chi connectivity index (χ1n) is 12.6. The van der Waals surface area contributed by atoms with E-state index in [1.165, 1.54) is 32.3 Å². The third kappa shape index (κ3) is 5.05. The predicted molar refractivity (Wildman–Crippen MR) is 157 cm³/mol. The van der Waals surface area contributed by atoms with E-state index in [4.69, 9.17) is 37.4 Å². The number of anilines is 2. The average molecular weight is 585 g/mol. The van der Waals surface area contributed by atoms with Crippen LogP contribution in [0.5, 0.6) is 17.2 Å². The van der Waals surface area contributed by atoms with Gasteiger partial charge < -0.3 is 24.2 Å². The topological polar surface area (TPSA) is 88.5 Å². The van der Waals surface area contributed by atoms with Gasteiger partial charge in [-0.2, -0.15) is 0 Å². The molecule has 4 rings (SSSR count). The molecule has 3 aromatic rings. The largest absolute Gasteiger partial charge is 0.507 e. The normalized spacial score (nSPS) is 16.3. The Morgan fingerprint density at radius 1 is 0.925 bits per heavy atom. The molecule has 1 N–H and O–H groups in total. The molecule has 3 aromatic carbocycles. The molecule has 1 aliphatic rings. The first-order valence-corrected chi connectivity index (χ1v) is 13.4. The second kappa shape index (κ2) is 12.1. The van der Waals surface area contributed by atoms with E-state index in [1.54, 1.807) is 36.4 Å². The first kappa shape index (κ1) is 29.1. The SMILES string of the molecule is CCN(CC)c1ccc(N2C(=O)C(=O)/C(=C(/O)c3cc(Cl)c(OC)c(Cl)c3OC)C2c2cccc(OC)c2)cc1. The number of amides is 1. The van der Waals surface area contributed by atoms with E-state index < -0.39 is 23.5 Å². The quantitative estimate of drug-likeness (QED) is 0.174. The van der Waals surface area contributed by atoms with E-state index >= 15 is 0 Å². The number of ether oxygens (including phenoxy) is 3. The highest BCUT2D eigenvalue weighted by Crippen LogP contribution is 2.48. The van der Waals surface area contributed by atoms with Gasteiger partial charge >= 0.3 is 0 Å². The highest BCUT2D eigenvalue weighted by atomic mass is 35.5. The Balaban J connectivity index is 1.97. The summed E-state index contributed by atoms with van der Waals surface area (Å²) in [5.41, 5.74) is 1.92. The maximum absolute atomic E-state index is 13.6. The fourth-order valence-electron chi connectivity index (χ4n) is 4.93. The van der Waals surface area contributed by atoms with Crippen molar-refractivity contribution in [3.05, 3.63) is 81.3 Å². The van der Waals surface area contributed by atoms with Gasteiger partial charge in [-0.1, -0.05) is 35.3 Å². The molecule has 10 heteroatoms. The van der Waals surface area contributed by atoms with Gasteiger partial charge in [0.1, 0.15) is 16.5 Å². The predicted octanol–water partition coefficient (Wildman–Crippen LogP) is 6.49. The maximum Gasteiger partial charge on any atom is 0.300 e. The Hall–Kier alpha value is -3.88. The zero-order valence-electron chi connectivity index (χ0n) is 22.8. The molecule has 210 valence electrons. The molecule has 0 aromatic heterocycles. The summed E-state index contributed by atoms with van der Waals surface area (Å²) in [5.74, 6) is -1.45. The van der Waals surface area contributed by atoms with Gasteiger partial charge in [-0.3, -0.25) is 14.5 Å². The average Bonchev–Trinajstić information content (AvgIpc) is 3.23. The van der Waals surface area contributed by atoms with Crippen molar-refractivity contribution in [2.75, 3.05) is 44.2 Å². The lowest BCUT2D eigenvalue weighted by atomic mass is 9.94. The molecule has 0 radical (unpaired) electrons.